The average Bonchev–Trinajstić information content (AvgIpc) is 3.15. The van der Waals surface area contributed by atoms with Crippen LogP contribution in [0, 0.1) is 0 Å². The largest absolute Gasteiger partial charge is 0.481 e. The van der Waals surface area contributed by atoms with Crippen molar-refractivity contribution in [1.82, 2.24) is 29.5 Å². The van der Waals surface area contributed by atoms with E-state index >= 15 is 0 Å². The second-order valence-electron chi connectivity index (χ2n) is 7.10. The number of aromatic nitrogens is 4. The van der Waals surface area contributed by atoms with Gasteiger partial charge in [-0.05, 0) is 19.5 Å². The normalized spacial score (nSPS) is 23.1. The third kappa shape index (κ3) is 3.40. The Kier molecular flexibility index (Phi) is 4.79. The van der Waals surface area contributed by atoms with Crippen LogP contribution in [-0.4, -0.2) is 80.5 Å². The van der Waals surface area contributed by atoms with E-state index in [1.54, 1.807) is 25.4 Å². The predicted octanol–water partition coefficient (Wildman–Crippen LogP) is 0.118. The van der Waals surface area contributed by atoms with Gasteiger partial charge in [-0.15, -0.1) is 10.2 Å². The molecule has 9 nitrogen and oxygen atoms in total. The van der Waals surface area contributed by atoms with Crippen LogP contribution in [0.3, 0.4) is 0 Å². The van der Waals surface area contributed by atoms with Gasteiger partial charge < -0.3 is 19.3 Å². The second kappa shape index (κ2) is 7.24. The quantitative estimate of drug-likeness (QED) is 0.817. The molecule has 0 saturated carbocycles. The highest BCUT2D eigenvalue weighted by atomic mass is 16.5. The maximum Gasteiger partial charge on any atom is 0.255 e. The van der Waals surface area contributed by atoms with Crippen LogP contribution in [0.15, 0.2) is 18.3 Å². The Labute approximate surface area is 157 Å². The molecule has 1 fully saturated rings. The number of carbonyl (C=O) groups is 1. The topological polar surface area (TPSA) is 96.6 Å². The van der Waals surface area contributed by atoms with Crippen molar-refractivity contribution < 1.29 is 14.6 Å². The molecule has 0 unspecified atom stereocenters. The molecular weight excluding hydrogens is 348 g/mol. The first-order valence-corrected chi connectivity index (χ1v) is 9.16. The Morgan fingerprint density at radius 3 is 2.78 bits per heavy atom. The molecule has 0 aliphatic carbocycles. The first-order valence-electron chi connectivity index (χ1n) is 9.16. The zero-order valence-electron chi connectivity index (χ0n) is 15.6. The van der Waals surface area contributed by atoms with Crippen LogP contribution in [0.4, 0.5) is 0 Å². The third-order valence-electron chi connectivity index (χ3n) is 5.36. The van der Waals surface area contributed by atoms with Gasteiger partial charge in [0.05, 0.1) is 24.8 Å². The molecule has 4 heterocycles. The Hall–Kier alpha value is -2.52. The van der Waals surface area contributed by atoms with Crippen molar-refractivity contribution in [1.29, 1.82) is 0 Å². The molecule has 9 heteroatoms. The minimum atomic E-state index is -0.334. The van der Waals surface area contributed by atoms with E-state index in [1.165, 1.54) is 0 Å². The highest BCUT2D eigenvalue weighted by molar-refractivity contribution is 5.94. The molecule has 2 aromatic heterocycles. The van der Waals surface area contributed by atoms with Crippen LogP contribution in [0.25, 0.3) is 0 Å². The van der Waals surface area contributed by atoms with Crippen LogP contribution >= 0.6 is 0 Å². The maximum absolute atomic E-state index is 12.8. The number of carbonyl (C=O) groups excluding carboxylic acids is 1. The molecule has 0 bridgehead atoms. The van der Waals surface area contributed by atoms with E-state index in [2.05, 4.69) is 24.6 Å². The fourth-order valence-electron chi connectivity index (χ4n) is 3.88. The number of nitrogens with zero attached hydrogens (tertiary/aromatic N) is 6. The summed E-state index contributed by atoms with van der Waals surface area (Å²) in [5.41, 5.74) is 0.548. The number of rotatable bonds is 3. The van der Waals surface area contributed by atoms with Gasteiger partial charge in [0.2, 0.25) is 5.88 Å². The standard InChI is InChI=1S/C18H24N6O3/c1-22-11-13(25)9-14(22)17-21-20-15-5-6-23(7-8-24(15)17)18(26)12-3-4-16(27-2)19-10-12/h3-4,10,13-14,25H,5-9,11H2,1-2H3/t13-,14+/m1/s1. The first-order chi connectivity index (χ1) is 13.1. The fraction of sp³-hybridized carbons (Fsp3) is 0.556. The summed E-state index contributed by atoms with van der Waals surface area (Å²) in [6.45, 7) is 2.46. The minimum Gasteiger partial charge on any atom is -0.481 e. The van der Waals surface area contributed by atoms with E-state index in [4.69, 9.17) is 4.74 Å². The van der Waals surface area contributed by atoms with E-state index in [9.17, 15) is 9.90 Å². The average molecular weight is 372 g/mol. The number of amides is 1. The summed E-state index contributed by atoms with van der Waals surface area (Å²) >= 11 is 0. The molecule has 1 amide bonds. The van der Waals surface area contributed by atoms with Crippen molar-refractivity contribution in [2.24, 2.45) is 0 Å². The molecule has 144 valence electrons. The molecule has 2 aromatic rings. The number of hydrogen-bond acceptors (Lipinski definition) is 7. The van der Waals surface area contributed by atoms with Crippen LogP contribution in [-0.2, 0) is 13.0 Å². The van der Waals surface area contributed by atoms with Crippen molar-refractivity contribution in [2.45, 2.75) is 31.5 Å². The van der Waals surface area contributed by atoms with Gasteiger partial charge in [0.1, 0.15) is 5.82 Å². The molecule has 2 aliphatic rings. The van der Waals surface area contributed by atoms with Crippen LogP contribution < -0.4 is 4.74 Å². The van der Waals surface area contributed by atoms with Crippen LogP contribution in [0.5, 0.6) is 5.88 Å². The number of methoxy groups -OCH3 is 1. The van der Waals surface area contributed by atoms with E-state index < -0.39 is 0 Å². The summed E-state index contributed by atoms with van der Waals surface area (Å²) in [5.74, 6) is 2.22. The van der Waals surface area contributed by atoms with Gasteiger partial charge in [-0.2, -0.15) is 0 Å². The van der Waals surface area contributed by atoms with Crippen LogP contribution in [0.2, 0.25) is 0 Å². The number of β-amino-alcohol motifs (C(OH)–C–C–N with tert-alkyl or cyclic N) is 1. The van der Waals surface area contributed by atoms with Gasteiger partial charge in [-0.3, -0.25) is 9.69 Å². The molecule has 2 atom stereocenters. The lowest BCUT2D eigenvalue weighted by atomic mass is 10.2. The molecule has 27 heavy (non-hydrogen) atoms. The van der Waals surface area contributed by atoms with Gasteiger partial charge in [0.25, 0.3) is 5.91 Å². The maximum atomic E-state index is 12.8. The molecule has 4 rings (SSSR count). The third-order valence-corrected chi connectivity index (χ3v) is 5.36. The lowest BCUT2D eigenvalue weighted by molar-refractivity contribution is 0.0758. The van der Waals surface area contributed by atoms with E-state index in [0.29, 0.717) is 50.5 Å². The summed E-state index contributed by atoms with van der Waals surface area (Å²) in [7, 11) is 3.54. The van der Waals surface area contributed by atoms with Gasteiger partial charge in [-0.25, -0.2) is 4.98 Å². The van der Waals surface area contributed by atoms with Gasteiger partial charge >= 0.3 is 0 Å². The number of fused-ring (bicyclic) bond motifs is 1. The number of pyridine rings is 1. The fourth-order valence-corrected chi connectivity index (χ4v) is 3.88. The zero-order chi connectivity index (χ0) is 19.0. The smallest absolute Gasteiger partial charge is 0.255 e. The molecule has 0 aromatic carbocycles. The zero-order valence-corrected chi connectivity index (χ0v) is 15.6. The summed E-state index contributed by atoms with van der Waals surface area (Å²) in [6, 6.07) is 3.49. The molecule has 2 aliphatic heterocycles. The number of ether oxygens (including phenoxy) is 1. The SMILES string of the molecule is COc1ccc(C(=O)N2CCc3nnc([C@@H]4C[C@@H](O)CN4C)n3CC2)cn1. The molecule has 0 spiro atoms. The van der Waals surface area contributed by atoms with Gasteiger partial charge in [0, 0.05) is 44.9 Å². The molecule has 1 saturated heterocycles. The predicted molar refractivity (Wildman–Crippen MR) is 96.4 cm³/mol. The summed E-state index contributed by atoms with van der Waals surface area (Å²) in [4.78, 5) is 20.9. The number of aliphatic hydroxyl groups excluding tert-OH is 1. The molecular formula is C18H24N6O3. The van der Waals surface area contributed by atoms with Crippen molar-refractivity contribution in [3.05, 3.63) is 35.5 Å². The molecule has 0 radical (unpaired) electrons. The Morgan fingerprint density at radius 1 is 1.26 bits per heavy atom. The summed E-state index contributed by atoms with van der Waals surface area (Å²) < 4.78 is 7.16. The highest BCUT2D eigenvalue weighted by Crippen LogP contribution is 2.30. The van der Waals surface area contributed by atoms with Crippen molar-refractivity contribution in [3.63, 3.8) is 0 Å². The van der Waals surface area contributed by atoms with Crippen molar-refractivity contribution in [3.8, 4) is 5.88 Å². The second-order valence-corrected chi connectivity index (χ2v) is 7.10. The van der Waals surface area contributed by atoms with E-state index in [-0.39, 0.29) is 18.1 Å². The number of aliphatic hydroxyl groups is 1. The van der Waals surface area contributed by atoms with E-state index in [1.807, 2.05) is 11.9 Å². The minimum absolute atomic E-state index is 0.0428. The highest BCUT2D eigenvalue weighted by Gasteiger charge is 2.34. The number of likely N-dealkylation sites (N-methyl/N-ethyl adjacent to an activating group) is 1. The van der Waals surface area contributed by atoms with Crippen molar-refractivity contribution in [2.75, 3.05) is 33.8 Å². The lowest BCUT2D eigenvalue weighted by Gasteiger charge is -2.21. The lowest BCUT2D eigenvalue weighted by Crippen LogP contribution is -2.34. The summed E-state index contributed by atoms with van der Waals surface area (Å²) in [6.07, 6.45) is 2.53. The monoisotopic (exact) mass is 372 g/mol. The van der Waals surface area contributed by atoms with Gasteiger partial charge in [0.15, 0.2) is 5.82 Å². The first kappa shape index (κ1) is 17.9. The Morgan fingerprint density at radius 2 is 2.11 bits per heavy atom. The Bertz CT molecular complexity index is 821. The van der Waals surface area contributed by atoms with Crippen molar-refractivity contribution >= 4 is 5.91 Å². The number of hydrogen-bond donors (Lipinski definition) is 1. The van der Waals surface area contributed by atoms with Crippen LogP contribution in [0.1, 0.15) is 34.5 Å². The summed E-state index contributed by atoms with van der Waals surface area (Å²) in [5, 5.41) is 18.7. The van der Waals surface area contributed by atoms with Gasteiger partial charge in [-0.1, -0.05) is 0 Å². The van der Waals surface area contributed by atoms with E-state index in [0.717, 1.165) is 11.6 Å². The number of likely N-dealkylation sites (tertiary alicyclic amines) is 1. The molecule has 1 N–H and O–H groups in total. The Balaban J connectivity index is 1.49.